The summed E-state index contributed by atoms with van der Waals surface area (Å²) in [5.74, 6) is -0.00316. The second-order valence-electron chi connectivity index (χ2n) is 27.4. The molecule has 0 radical (unpaired) electrons. The highest BCUT2D eigenvalue weighted by Gasteiger charge is 2.20. The molecule has 0 rings (SSSR count). The number of allylic oxidation sites excluding steroid dienone is 2. The number of unbranched alkanes of at least 4 members (excludes halogenated alkanes) is 62. The van der Waals surface area contributed by atoms with E-state index in [1.807, 2.05) is 0 Å². The first-order valence-electron chi connectivity index (χ1n) is 39.4. The average molecular weight is 1200 g/mol. The van der Waals surface area contributed by atoms with Crippen molar-refractivity contribution in [3.05, 3.63) is 12.2 Å². The van der Waals surface area contributed by atoms with Crippen LogP contribution in [0.5, 0.6) is 0 Å². The van der Waals surface area contributed by atoms with Gasteiger partial charge in [0.25, 0.3) is 0 Å². The molecule has 0 fully saturated rings. The van der Waals surface area contributed by atoms with Gasteiger partial charge in [-0.05, 0) is 51.4 Å². The largest absolute Gasteiger partial charge is 0.466 e. The molecule has 0 aromatic rings. The molecule has 6 nitrogen and oxygen atoms in total. The van der Waals surface area contributed by atoms with Gasteiger partial charge in [-0.25, -0.2) is 0 Å². The van der Waals surface area contributed by atoms with E-state index in [1.165, 1.54) is 385 Å². The Labute approximate surface area is 533 Å². The lowest BCUT2D eigenvalue weighted by atomic mass is 10.0. The van der Waals surface area contributed by atoms with Crippen LogP contribution in [-0.2, 0) is 14.3 Å². The number of aliphatic hydroxyl groups is 2. The van der Waals surface area contributed by atoms with E-state index < -0.39 is 12.1 Å². The van der Waals surface area contributed by atoms with Crippen LogP contribution in [0.2, 0.25) is 0 Å². The zero-order valence-electron chi connectivity index (χ0n) is 58.1. The zero-order chi connectivity index (χ0) is 61.3. The van der Waals surface area contributed by atoms with Crippen LogP contribution < -0.4 is 5.32 Å². The van der Waals surface area contributed by atoms with Crippen molar-refractivity contribution in [1.29, 1.82) is 0 Å². The summed E-state index contributed by atoms with van der Waals surface area (Å²) in [5, 5.41) is 23.2. The normalized spacial score (nSPS) is 12.5. The van der Waals surface area contributed by atoms with Gasteiger partial charge in [-0.1, -0.05) is 405 Å². The van der Waals surface area contributed by atoms with Crippen LogP contribution in [0.1, 0.15) is 457 Å². The fourth-order valence-corrected chi connectivity index (χ4v) is 12.8. The maximum absolute atomic E-state index is 12.5. The van der Waals surface area contributed by atoms with Gasteiger partial charge in [0.15, 0.2) is 0 Å². The molecule has 0 bridgehead atoms. The number of carbonyl (C=O) groups excluding carboxylic acids is 2. The summed E-state index contributed by atoms with van der Waals surface area (Å²) < 4.78 is 5.52. The van der Waals surface area contributed by atoms with E-state index >= 15 is 0 Å². The summed E-state index contributed by atoms with van der Waals surface area (Å²) in [6, 6.07) is -0.534. The molecule has 0 aromatic heterocycles. The Bertz CT molecular complexity index is 1290. The van der Waals surface area contributed by atoms with Gasteiger partial charge in [-0.2, -0.15) is 0 Å². The first-order valence-corrected chi connectivity index (χ1v) is 39.4. The standard InChI is InChI=1S/C79H155NO5/c1-3-5-7-9-11-13-15-16-17-18-40-44-47-50-53-57-61-65-69-73-79(84)85-74-70-66-62-58-54-51-48-45-42-39-37-35-33-31-29-27-25-23-21-19-20-22-24-26-28-30-32-34-36-38-41-43-46-49-52-56-60-64-68-72-78(83)80-76(75-81)77(82)71-67-63-59-55-14-12-10-8-6-4-2/h16-17,76-77,81-82H,3-15,18-75H2,1-2H3,(H,80,83)/b17-16-. The topological polar surface area (TPSA) is 95.9 Å². The molecule has 0 aliphatic rings. The maximum Gasteiger partial charge on any atom is 0.305 e. The first-order chi connectivity index (χ1) is 42.0. The van der Waals surface area contributed by atoms with Gasteiger partial charge in [0.2, 0.25) is 5.91 Å². The molecule has 0 aliphatic carbocycles. The monoisotopic (exact) mass is 1200 g/mol. The van der Waals surface area contributed by atoms with Crippen molar-refractivity contribution < 1.29 is 24.5 Å². The minimum Gasteiger partial charge on any atom is -0.466 e. The SMILES string of the molecule is CCCCCCCC/C=C\CCCCCCCCCCCC(=O)OCCCCCCCCCCCCCCCCCCCCCCCCCCCCCCCCCCCCCCCCCC(=O)NC(CO)C(O)CCCCCCCCCCCC. The van der Waals surface area contributed by atoms with E-state index in [4.69, 9.17) is 4.74 Å². The molecule has 0 aromatic carbocycles. The summed E-state index contributed by atoms with van der Waals surface area (Å²) in [7, 11) is 0. The minimum atomic E-state index is -0.657. The first kappa shape index (κ1) is 83.6. The molecule has 85 heavy (non-hydrogen) atoms. The van der Waals surface area contributed by atoms with Crippen LogP contribution in [0.3, 0.4) is 0 Å². The van der Waals surface area contributed by atoms with Crippen LogP contribution in [0.25, 0.3) is 0 Å². The van der Waals surface area contributed by atoms with Gasteiger partial charge in [0.05, 0.1) is 25.4 Å². The third-order valence-corrected chi connectivity index (χ3v) is 18.8. The second-order valence-corrected chi connectivity index (χ2v) is 27.4. The molecule has 0 aliphatic heterocycles. The second kappa shape index (κ2) is 75.1. The van der Waals surface area contributed by atoms with E-state index in [0.717, 1.165) is 38.5 Å². The Balaban J connectivity index is 3.25. The Morgan fingerprint density at radius 3 is 0.835 bits per heavy atom. The number of nitrogens with one attached hydrogen (secondary N) is 1. The molecule has 506 valence electrons. The zero-order valence-corrected chi connectivity index (χ0v) is 58.1. The molecular formula is C79H155NO5. The maximum atomic E-state index is 12.5. The lowest BCUT2D eigenvalue weighted by Gasteiger charge is -2.22. The lowest BCUT2D eigenvalue weighted by molar-refractivity contribution is -0.143. The number of hydrogen-bond acceptors (Lipinski definition) is 5. The van der Waals surface area contributed by atoms with Gasteiger partial charge in [-0.3, -0.25) is 9.59 Å². The van der Waals surface area contributed by atoms with E-state index in [9.17, 15) is 19.8 Å². The number of ether oxygens (including phenoxy) is 1. The smallest absolute Gasteiger partial charge is 0.305 e. The molecule has 3 N–H and O–H groups in total. The van der Waals surface area contributed by atoms with Crippen molar-refractivity contribution in [2.24, 2.45) is 0 Å². The third-order valence-electron chi connectivity index (χ3n) is 18.8. The number of amides is 1. The van der Waals surface area contributed by atoms with Gasteiger partial charge in [0, 0.05) is 12.8 Å². The lowest BCUT2D eigenvalue weighted by Crippen LogP contribution is -2.45. The minimum absolute atomic E-state index is 0.0247. The molecule has 0 heterocycles. The van der Waals surface area contributed by atoms with Crippen molar-refractivity contribution >= 4 is 11.9 Å². The number of rotatable bonds is 75. The molecule has 0 saturated carbocycles. The fourth-order valence-electron chi connectivity index (χ4n) is 12.8. The van der Waals surface area contributed by atoms with E-state index in [-0.39, 0.29) is 18.5 Å². The summed E-state index contributed by atoms with van der Waals surface area (Å²) in [6.45, 7) is 4.98. The number of aliphatic hydroxyl groups excluding tert-OH is 2. The highest BCUT2D eigenvalue weighted by molar-refractivity contribution is 5.76. The number of hydrogen-bond donors (Lipinski definition) is 3. The molecule has 1 amide bonds. The van der Waals surface area contributed by atoms with Crippen molar-refractivity contribution in [1.82, 2.24) is 5.32 Å². The van der Waals surface area contributed by atoms with Crippen LogP contribution >= 0.6 is 0 Å². The Morgan fingerprint density at radius 2 is 0.553 bits per heavy atom. The van der Waals surface area contributed by atoms with Gasteiger partial charge >= 0.3 is 5.97 Å². The molecule has 6 heteroatoms. The quantitative estimate of drug-likeness (QED) is 0.0320. The van der Waals surface area contributed by atoms with E-state index in [0.29, 0.717) is 25.9 Å². The fraction of sp³-hybridized carbons (Fsp3) is 0.949. The van der Waals surface area contributed by atoms with Crippen molar-refractivity contribution in [2.45, 2.75) is 469 Å². The highest BCUT2D eigenvalue weighted by atomic mass is 16.5. The van der Waals surface area contributed by atoms with Gasteiger partial charge < -0.3 is 20.3 Å². The highest BCUT2D eigenvalue weighted by Crippen LogP contribution is 2.20. The van der Waals surface area contributed by atoms with E-state index in [1.54, 1.807) is 0 Å². The predicted molar refractivity (Wildman–Crippen MR) is 375 cm³/mol. The van der Waals surface area contributed by atoms with Gasteiger partial charge in [0.1, 0.15) is 0 Å². The van der Waals surface area contributed by atoms with Crippen molar-refractivity contribution in [3.8, 4) is 0 Å². The molecule has 0 spiro atoms. The van der Waals surface area contributed by atoms with Crippen LogP contribution in [0.4, 0.5) is 0 Å². The summed E-state index contributed by atoms with van der Waals surface area (Å²) >= 11 is 0. The Morgan fingerprint density at radius 1 is 0.318 bits per heavy atom. The predicted octanol–water partition coefficient (Wildman–Crippen LogP) is 25.9. The summed E-state index contributed by atoms with van der Waals surface area (Å²) in [5.41, 5.74) is 0. The average Bonchev–Trinajstić information content (AvgIpc) is 3.51. The summed E-state index contributed by atoms with van der Waals surface area (Å²) in [4.78, 5) is 24.6. The molecule has 2 unspecified atom stereocenters. The summed E-state index contributed by atoms with van der Waals surface area (Å²) in [6.07, 6.45) is 94.7. The van der Waals surface area contributed by atoms with Crippen LogP contribution in [-0.4, -0.2) is 47.4 Å². The number of carbonyl (C=O) groups is 2. The van der Waals surface area contributed by atoms with Crippen molar-refractivity contribution in [2.75, 3.05) is 13.2 Å². The third kappa shape index (κ3) is 71.6. The molecular weight excluding hydrogens is 1040 g/mol. The molecule has 2 atom stereocenters. The number of esters is 1. The van der Waals surface area contributed by atoms with Gasteiger partial charge in [-0.15, -0.1) is 0 Å². The Hall–Kier alpha value is -1.40. The van der Waals surface area contributed by atoms with Crippen LogP contribution in [0, 0.1) is 0 Å². The van der Waals surface area contributed by atoms with Crippen molar-refractivity contribution in [3.63, 3.8) is 0 Å². The van der Waals surface area contributed by atoms with Crippen LogP contribution in [0.15, 0.2) is 12.2 Å². The Kier molecular flexibility index (Phi) is 73.8. The van der Waals surface area contributed by atoms with E-state index in [2.05, 4.69) is 31.3 Å². The molecule has 0 saturated heterocycles.